The number of hydrogen-bond acceptors (Lipinski definition) is 2. The second-order valence-corrected chi connectivity index (χ2v) is 65.0. The Morgan fingerprint density at radius 1 is 0.957 bits per heavy atom. The van der Waals surface area contributed by atoms with Gasteiger partial charge in [-0.3, -0.25) is 4.99 Å². The first-order valence-corrected chi connectivity index (χ1v) is 27.7. The van der Waals surface area contributed by atoms with Crippen molar-refractivity contribution in [3.63, 3.8) is 0 Å². The molecule has 5 aliphatic rings. The van der Waals surface area contributed by atoms with E-state index in [4.69, 9.17) is 58.1 Å². The van der Waals surface area contributed by atoms with E-state index in [2.05, 4.69) is 10.1 Å². The third-order valence-corrected chi connectivity index (χ3v) is 6.63. The van der Waals surface area contributed by atoms with E-state index >= 15 is 0 Å². The number of rotatable bonds is 0. The molecule has 4 bridgehead atoms. The van der Waals surface area contributed by atoms with Crippen LogP contribution in [0.2, 0.25) is 0 Å². The average molecular weight is 571 g/mol. The van der Waals surface area contributed by atoms with Crippen molar-refractivity contribution in [2.45, 2.75) is 37.0 Å². The van der Waals surface area contributed by atoms with Crippen LogP contribution in [0.3, 0.4) is 0 Å². The van der Waals surface area contributed by atoms with Gasteiger partial charge in [0.1, 0.15) is 0 Å². The molecule has 1 aliphatic heterocycles. The summed E-state index contributed by atoms with van der Waals surface area (Å²) in [5, 5.41) is 10.1. The molecule has 0 atom stereocenters. The van der Waals surface area contributed by atoms with Gasteiger partial charge in [-0.2, -0.15) is 0 Å². The van der Waals surface area contributed by atoms with Crippen LogP contribution >= 0.6 is 64.7 Å². The Kier molecular flexibility index (Phi) is 5.06. The number of hydrogen-bond donors (Lipinski definition) is 1. The third-order valence-electron chi connectivity index (χ3n) is 5.08. The van der Waals surface area contributed by atoms with E-state index in [0.29, 0.717) is 0 Å². The molecule has 0 radical (unpaired) electrons. The number of halogens is 6. The van der Waals surface area contributed by atoms with Crippen molar-refractivity contribution in [2.24, 2.45) is 33.9 Å². The first-order valence-electron chi connectivity index (χ1n) is 7.48. The predicted molar refractivity (Wildman–Crippen MR) is 105 cm³/mol. The van der Waals surface area contributed by atoms with E-state index in [-0.39, 0.29) is 4.87 Å². The molecule has 0 aromatic rings. The van der Waals surface area contributed by atoms with E-state index < -0.39 is 9.14 Å². The Balaban J connectivity index is 0.000000193. The molecule has 4 fully saturated rings. The Morgan fingerprint density at radius 2 is 1.39 bits per heavy atom. The fourth-order valence-corrected chi connectivity index (χ4v) is 5.90. The van der Waals surface area contributed by atoms with Gasteiger partial charge in [-0.15, -0.1) is 0 Å². The van der Waals surface area contributed by atoms with Crippen LogP contribution in [0, 0.1) is 23.7 Å². The van der Waals surface area contributed by atoms with E-state index in [1.165, 1.54) is 32.1 Å². The zero-order chi connectivity index (χ0) is 17.2. The first-order chi connectivity index (χ1) is 10.2. The summed E-state index contributed by atoms with van der Waals surface area (Å²) in [6.07, 6.45) is 7.16. The summed E-state index contributed by atoms with van der Waals surface area (Å²) >= 11 is 1.92. The van der Waals surface area contributed by atoms with Gasteiger partial charge in [0.2, 0.25) is 0 Å². The van der Waals surface area contributed by atoms with Crippen molar-refractivity contribution in [1.29, 1.82) is 0 Å². The molecule has 4 saturated carbocycles. The van der Waals surface area contributed by atoms with Gasteiger partial charge < -0.3 is 0 Å². The van der Waals surface area contributed by atoms with Gasteiger partial charge in [0.05, 0.1) is 12.2 Å². The van der Waals surface area contributed by atoms with Crippen molar-refractivity contribution in [2.75, 3.05) is 7.05 Å². The van der Waals surface area contributed by atoms with E-state index in [9.17, 15) is 0 Å². The van der Waals surface area contributed by atoms with Crippen molar-refractivity contribution in [3.8, 4) is 0 Å². The zero-order valence-electron chi connectivity index (χ0n) is 12.4. The van der Waals surface area contributed by atoms with Gasteiger partial charge in [0.15, 0.2) is 4.87 Å². The average Bonchev–Trinajstić information content (AvgIpc) is 2.77. The predicted octanol–water partition coefficient (Wildman–Crippen LogP) is 5.16. The molecule has 23 heavy (non-hydrogen) atoms. The Morgan fingerprint density at radius 3 is 1.74 bits per heavy atom. The van der Waals surface area contributed by atoms with Gasteiger partial charge in [0.25, 0.3) is 0 Å². The summed E-state index contributed by atoms with van der Waals surface area (Å²) in [5.74, 6) is 3.65. The number of nitrogens with zero attached hydrogens (tertiary/aromatic N) is 2. The molecule has 5 rings (SSSR count). The van der Waals surface area contributed by atoms with Gasteiger partial charge >= 0.3 is 67.3 Å². The molecule has 0 amide bonds. The summed E-state index contributed by atoms with van der Waals surface area (Å²) in [5.41, 5.74) is 0. The standard InChI is InChI=1S/C12H17N3S.6ClH.Sb/c1-13-11-14-15-12(16-11)9-3-7-2-8(5-9)6-10(12)4-7;;;;;;;/h7-10H,2-6H2,1H3;6*1H;/q;;;;;;;+5/p-5. The molecule has 0 saturated heterocycles. The second kappa shape index (κ2) is 5.84. The molecule has 4 aliphatic carbocycles. The number of amidine groups is 1. The Labute approximate surface area is 160 Å². The molecule has 11 heteroatoms. The summed E-state index contributed by atoms with van der Waals surface area (Å²) in [6.45, 7) is 0. The monoisotopic (exact) mass is 567 g/mol. The summed E-state index contributed by atoms with van der Waals surface area (Å²) in [4.78, 5) is 3.31. The van der Waals surface area contributed by atoms with Crippen LogP contribution in [0.5, 0.6) is 0 Å². The second-order valence-electron chi connectivity index (χ2n) is 6.87. The van der Waals surface area contributed by atoms with Gasteiger partial charge in [-0.25, -0.2) is 0 Å². The SMILES string of the molecule is C[NH+]=C1N=NC2(S1)C1CC3CC(C1)CC2C3.[Cl][Sb-]([Cl])([Cl])([Cl])([Cl])[Cl]. The van der Waals surface area contributed by atoms with Crippen LogP contribution in [-0.4, -0.2) is 26.2 Å². The molecule has 3 nitrogen and oxygen atoms in total. The molecule has 1 N–H and O–H groups in total. The minimum atomic E-state index is -5.42. The van der Waals surface area contributed by atoms with Crippen LogP contribution in [-0.2, 0) is 0 Å². The summed E-state index contributed by atoms with van der Waals surface area (Å²) in [7, 11) is 26.9. The van der Waals surface area contributed by atoms with Crippen LogP contribution in [0.1, 0.15) is 32.1 Å². The van der Waals surface area contributed by atoms with Gasteiger partial charge in [-0.05, 0) is 55.8 Å². The van der Waals surface area contributed by atoms with Crippen molar-refractivity contribution in [3.05, 3.63) is 0 Å². The van der Waals surface area contributed by atoms with Crippen molar-refractivity contribution < 1.29 is 4.99 Å². The molecule has 0 aromatic heterocycles. The normalized spacial score (nSPS) is 45.8. The third kappa shape index (κ3) is 5.34. The molecular weight excluding hydrogens is 553 g/mol. The fourth-order valence-electron chi connectivity index (χ4n) is 4.61. The molecule has 1 spiro atoms. The van der Waals surface area contributed by atoms with Gasteiger partial charge in [0, 0.05) is 11.8 Å². The quantitative estimate of drug-likeness (QED) is 0.402. The summed E-state index contributed by atoms with van der Waals surface area (Å²) < 4.78 is 0. The first kappa shape index (κ1) is 19.9. The van der Waals surface area contributed by atoms with Crippen LogP contribution < -0.4 is 4.99 Å². The van der Waals surface area contributed by atoms with Gasteiger partial charge in [-0.1, -0.05) is 5.11 Å². The molecule has 1 heterocycles. The van der Waals surface area contributed by atoms with Crippen molar-refractivity contribution >= 4 is 79.0 Å². The molecule has 134 valence electrons. The zero-order valence-corrected chi connectivity index (χ0v) is 20.3. The van der Waals surface area contributed by atoms with E-state index in [1.807, 2.05) is 18.8 Å². The van der Waals surface area contributed by atoms with E-state index in [0.717, 1.165) is 28.8 Å². The molecular formula is C12H18Cl6N3SSb. The van der Waals surface area contributed by atoms with Crippen molar-refractivity contribution in [1.82, 2.24) is 0 Å². The number of azo groups is 1. The van der Waals surface area contributed by atoms with E-state index in [1.54, 1.807) is 0 Å². The maximum atomic E-state index is 5.06. The van der Waals surface area contributed by atoms with Crippen LogP contribution in [0.25, 0.3) is 0 Å². The Bertz CT molecular complexity index is 533. The topological polar surface area (TPSA) is 38.7 Å². The minimum absolute atomic E-state index is 0.145. The summed E-state index contributed by atoms with van der Waals surface area (Å²) in [6, 6.07) is 0. The fraction of sp³-hybridized carbons (Fsp3) is 0.917. The van der Waals surface area contributed by atoms with Crippen LogP contribution in [0.4, 0.5) is 0 Å². The number of thioether (sulfide) groups is 1. The maximum absolute atomic E-state index is 5.42. The molecule has 0 unspecified atom stereocenters. The molecule has 0 aromatic carbocycles. The Hall–Kier alpha value is 2.18. The van der Waals surface area contributed by atoms with Crippen LogP contribution in [0.15, 0.2) is 10.2 Å². The number of nitrogens with one attached hydrogen (secondary N) is 1.